The van der Waals surface area contributed by atoms with Crippen LogP contribution in [0.15, 0.2) is 22.8 Å². The molecule has 0 spiro atoms. The molecule has 0 aliphatic carbocycles. The first-order valence-corrected chi connectivity index (χ1v) is 6.15. The summed E-state index contributed by atoms with van der Waals surface area (Å²) < 4.78 is 3.35. The SMILES string of the molecule is Cc1c(Br)n(C(C)C)c2c(Cl)cccc12. The molecule has 0 unspecified atom stereocenters. The summed E-state index contributed by atoms with van der Waals surface area (Å²) in [6, 6.07) is 6.44. The molecule has 0 atom stereocenters. The zero-order valence-corrected chi connectivity index (χ0v) is 11.4. The highest BCUT2D eigenvalue weighted by molar-refractivity contribution is 9.10. The summed E-state index contributed by atoms with van der Waals surface area (Å²) in [5.41, 5.74) is 2.37. The Morgan fingerprint density at radius 3 is 2.60 bits per heavy atom. The van der Waals surface area contributed by atoms with Crippen LogP contribution >= 0.6 is 27.5 Å². The Hall–Kier alpha value is -0.470. The highest BCUT2D eigenvalue weighted by Crippen LogP contribution is 2.36. The van der Waals surface area contributed by atoms with E-state index in [-0.39, 0.29) is 0 Å². The van der Waals surface area contributed by atoms with E-state index in [1.54, 1.807) is 0 Å². The van der Waals surface area contributed by atoms with Crippen LogP contribution in [-0.2, 0) is 0 Å². The van der Waals surface area contributed by atoms with Gasteiger partial charge in [0.1, 0.15) is 0 Å². The largest absolute Gasteiger partial charge is 0.331 e. The zero-order valence-electron chi connectivity index (χ0n) is 9.01. The number of halogens is 2. The van der Waals surface area contributed by atoms with Crippen molar-refractivity contribution in [1.82, 2.24) is 4.57 Å². The monoisotopic (exact) mass is 285 g/mol. The minimum Gasteiger partial charge on any atom is -0.331 e. The second kappa shape index (κ2) is 3.84. The summed E-state index contributed by atoms with van der Waals surface area (Å²) in [5.74, 6) is 0. The van der Waals surface area contributed by atoms with E-state index in [4.69, 9.17) is 11.6 Å². The van der Waals surface area contributed by atoms with E-state index in [9.17, 15) is 0 Å². The van der Waals surface area contributed by atoms with Gasteiger partial charge in [-0.2, -0.15) is 0 Å². The molecule has 0 N–H and O–H groups in total. The summed E-state index contributed by atoms with van der Waals surface area (Å²) in [6.45, 7) is 6.43. The van der Waals surface area contributed by atoms with E-state index in [1.165, 1.54) is 10.9 Å². The standard InChI is InChI=1S/C12H13BrClN/c1-7(2)15-11-9(8(3)12(15)13)5-4-6-10(11)14/h4-7H,1-3H3. The topological polar surface area (TPSA) is 4.93 Å². The van der Waals surface area contributed by atoms with Gasteiger partial charge >= 0.3 is 0 Å². The third-order valence-corrected chi connectivity index (χ3v) is 3.95. The Balaban J connectivity index is 2.95. The van der Waals surface area contributed by atoms with Crippen LogP contribution in [0.2, 0.25) is 5.02 Å². The summed E-state index contributed by atoms with van der Waals surface area (Å²) in [6.07, 6.45) is 0. The van der Waals surface area contributed by atoms with Crippen LogP contribution in [0.1, 0.15) is 25.5 Å². The maximum Gasteiger partial charge on any atom is 0.0889 e. The second-order valence-corrected chi connectivity index (χ2v) is 5.17. The highest BCUT2D eigenvalue weighted by Gasteiger charge is 2.15. The normalized spacial score (nSPS) is 11.6. The molecule has 0 aliphatic rings. The van der Waals surface area contributed by atoms with E-state index in [2.05, 4.69) is 47.3 Å². The van der Waals surface area contributed by atoms with Crippen molar-refractivity contribution in [3.05, 3.63) is 33.4 Å². The van der Waals surface area contributed by atoms with Crippen LogP contribution in [0.4, 0.5) is 0 Å². The molecule has 0 aliphatic heterocycles. The first kappa shape index (κ1) is 11.0. The van der Waals surface area contributed by atoms with Gasteiger partial charge in [-0.25, -0.2) is 0 Å². The minimum atomic E-state index is 0.399. The van der Waals surface area contributed by atoms with Gasteiger partial charge in [-0.1, -0.05) is 23.7 Å². The summed E-state index contributed by atoms with van der Waals surface area (Å²) in [5, 5.41) is 2.04. The van der Waals surface area contributed by atoms with Gasteiger partial charge in [-0.05, 0) is 48.3 Å². The minimum absolute atomic E-state index is 0.399. The van der Waals surface area contributed by atoms with Gasteiger partial charge in [0.2, 0.25) is 0 Å². The molecule has 1 aromatic heterocycles. The molecule has 0 fully saturated rings. The third-order valence-electron chi connectivity index (χ3n) is 2.67. The quantitative estimate of drug-likeness (QED) is 0.699. The molecule has 0 amide bonds. The molecular formula is C12H13BrClN. The number of hydrogen-bond donors (Lipinski definition) is 0. The summed E-state index contributed by atoms with van der Waals surface area (Å²) in [7, 11) is 0. The Kier molecular flexibility index (Phi) is 2.82. The van der Waals surface area contributed by atoms with Crippen molar-refractivity contribution >= 4 is 38.4 Å². The average Bonchev–Trinajstić information content (AvgIpc) is 2.43. The van der Waals surface area contributed by atoms with Crippen molar-refractivity contribution in [3.8, 4) is 0 Å². The van der Waals surface area contributed by atoms with Crippen LogP contribution in [0.25, 0.3) is 10.9 Å². The lowest BCUT2D eigenvalue weighted by Gasteiger charge is -2.12. The first-order chi connectivity index (χ1) is 7.04. The molecular weight excluding hydrogens is 273 g/mol. The van der Waals surface area contributed by atoms with Gasteiger partial charge in [0.15, 0.2) is 0 Å². The number of para-hydroxylation sites is 1. The third kappa shape index (κ3) is 1.60. The molecule has 0 bridgehead atoms. The number of fused-ring (bicyclic) bond motifs is 1. The lowest BCUT2D eigenvalue weighted by atomic mass is 10.2. The van der Waals surface area contributed by atoms with Gasteiger partial charge in [0.25, 0.3) is 0 Å². The maximum atomic E-state index is 6.25. The Morgan fingerprint density at radius 2 is 2.00 bits per heavy atom. The molecule has 1 heterocycles. The molecule has 1 nitrogen and oxygen atoms in total. The predicted molar refractivity (Wildman–Crippen MR) is 69.8 cm³/mol. The van der Waals surface area contributed by atoms with E-state index >= 15 is 0 Å². The lowest BCUT2D eigenvalue weighted by molar-refractivity contribution is 0.610. The molecule has 2 aromatic rings. The molecule has 0 saturated heterocycles. The second-order valence-electron chi connectivity index (χ2n) is 4.02. The van der Waals surface area contributed by atoms with Crippen LogP contribution < -0.4 is 0 Å². The number of hydrogen-bond acceptors (Lipinski definition) is 0. The molecule has 0 radical (unpaired) electrons. The Bertz CT molecular complexity index is 514. The van der Waals surface area contributed by atoms with Gasteiger partial charge in [-0.15, -0.1) is 0 Å². The van der Waals surface area contributed by atoms with Crippen molar-refractivity contribution in [1.29, 1.82) is 0 Å². The molecule has 1 aromatic carbocycles. The first-order valence-electron chi connectivity index (χ1n) is 4.98. The molecule has 80 valence electrons. The van der Waals surface area contributed by atoms with Crippen LogP contribution in [0.3, 0.4) is 0 Å². The fraction of sp³-hybridized carbons (Fsp3) is 0.333. The smallest absolute Gasteiger partial charge is 0.0889 e. The van der Waals surface area contributed by atoms with Crippen molar-refractivity contribution in [2.75, 3.05) is 0 Å². The van der Waals surface area contributed by atoms with Crippen molar-refractivity contribution in [2.24, 2.45) is 0 Å². The number of rotatable bonds is 1. The van der Waals surface area contributed by atoms with Crippen LogP contribution in [0, 0.1) is 6.92 Å². The molecule has 3 heteroatoms. The van der Waals surface area contributed by atoms with E-state index in [0.29, 0.717) is 6.04 Å². The molecule has 0 saturated carbocycles. The number of nitrogens with zero attached hydrogens (tertiary/aromatic N) is 1. The molecule has 15 heavy (non-hydrogen) atoms. The summed E-state index contributed by atoms with van der Waals surface area (Å²) >= 11 is 9.88. The Morgan fingerprint density at radius 1 is 1.33 bits per heavy atom. The van der Waals surface area contributed by atoms with E-state index < -0.39 is 0 Å². The fourth-order valence-electron chi connectivity index (χ4n) is 1.94. The van der Waals surface area contributed by atoms with Crippen LogP contribution in [-0.4, -0.2) is 4.57 Å². The fourth-order valence-corrected chi connectivity index (χ4v) is 3.00. The highest BCUT2D eigenvalue weighted by atomic mass is 79.9. The van der Waals surface area contributed by atoms with Crippen LogP contribution in [0.5, 0.6) is 0 Å². The number of benzene rings is 1. The molecule has 2 rings (SSSR count). The van der Waals surface area contributed by atoms with Gasteiger partial charge in [0, 0.05) is 11.4 Å². The number of aromatic nitrogens is 1. The van der Waals surface area contributed by atoms with Crippen molar-refractivity contribution in [2.45, 2.75) is 26.8 Å². The van der Waals surface area contributed by atoms with E-state index in [1.807, 2.05) is 12.1 Å². The van der Waals surface area contributed by atoms with Gasteiger partial charge in [0.05, 0.1) is 15.1 Å². The van der Waals surface area contributed by atoms with Gasteiger partial charge in [-0.3, -0.25) is 0 Å². The zero-order chi connectivity index (χ0) is 11.2. The average molecular weight is 287 g/mol. The van der Waals surface area contributed by atoms with Crippen molar-refractivity contribution in [3.63, 3.8) is 0 Å². The van der Waals surface area contributed by atoms with Gasteiger partial charge < -0.3 is 4.57 Å². The lowest BCUT2D eigenvalue weighted by Crippen LogP contribution is -2.00. The van der Waals surface area contributed by atoms with E-state index in [0.717, 1.165) is 15.1 Å². The predicted octanol–water partition coefficient (Wildman–Crippen LogP) is 4.95. The van der Waals surface area contributed by atoms with Crippen molar-refractivity contribution < 1.29 is 0 Å². The number of aryl methyl sites for hydroxylation is 1. The maximum absolute atomic E-state index is 6.25. The Labute approximate surface area is 103 Å². The summed E-state index contributed by atoms with van der Waals surface area (Å²) in [4.78, 5) is 0.